The molecule has 1 atom stereocenters. The summed E-state index contributed by atoms with van der Waals surface area (Å²) in [6.45, 7) is 0. The first kappa shape index (κ1) is 9.22. The molecule has 0 bridgehead atoms. The Kier molecular flexibility index (Phi) is 3.49. The van der Waals surface area contributed by atoms with Gasteiger partial charge in [-0.3, -0.25) is 0 Å². The first-order chi connectivity index (χ1) is 3.98. The van der Waals surface area contributed by atoms with Gasteiger partial charge in [0.15, 0.2) is 0 Å². The molecule has 0 aliphatic carbocycles. The summed E-state index contributed by atoms with van der Waals surface area (Å²) in [6, 6.07) is 0. The third-order valence-corrected chi connectivity index (χ3v) is 2.17. The number of thiol groups is 1. The molecule has 0 amide bonds. The molecular formula is C3H10N2O2S2. The maximum atomic E-state index is 10.3. The second-order valence-corrected chi connectivity index (χ2v) is 3.87. The number of hydrogen-bond donors (Lipinski definition) is 3. The van der Waals surface area contributed by atoms with E-state index < -0.39 is 15.4 Å². The smallest absolute Gasteiger partial charge is 0.224 e. The number of nitrogens with two attached hydrogens (primary N) is 2. The minimum Gasteiger partial charge on any atom is -0.314 e. The summed E-state index contributed by atoms with van der Waals surface area (Å²) in [5.41, 5.74) is 5.10. The highest BCUT2D eigenvalue weighted by Gasteiger charge is 2.13. The van der Waals surface area contributed by atoms with Gasteiger partial charge in [0.2, 0.25) is 10.0 Å². The third-order valence-electron chi connectivity index (χ3n) is 0.836. The first-order valence-electron chi connectivity index (χ1n) is 2.36. The Labute approximate surface area is 60.1 Å². The van der Waals surface area contributed by atoms with Crippen LogP contribution in [0, 0.1) is 0 Å². The molecule has 0 spiro atoms. The molecular weight excluding hydrogens is 160 g/mol. The maximum absolute atomic E-state index is 10.3. The Morgan fingerprint density at radius 1 is 1.56 bits per heavy atom. The highest BCUT2D eigenvalue weighted by atomic mass is 32.2. The summed E-state index contributed by atoms with van der Waals surface area (Å²) in [7, 11) is -3.54. The second-order valence-electron chi connectivity index (χ2n) is 1.64. The van der Waals surface area contributed by atoms with Gasteiger partial charge in [0.1, 0.15) is 5.37 Å². The SMILES string of the molecule is N[C@@H](CCS)S(N)(=O)=O. The van der Waals surface area contributed by atoms with Crippen LogP contribution in [0.25, 0.3) is 0 Å². The number of hydrogen-bond acceptors (Lipinski definition) is 4. The average Bonchev–Trinajstić information content (AvgIpc) is 1.64. The number of rotatable bonds is 3. The largest absolute Gasteiger partial charge is 0.314 e. The van der Waals surface area contributed by atoms with Crippen LogP contribution >= 0.6 is 12.6 Å². The van der Waals surface area contributed by atoms with E-state index in [-0.39, 0.29) is 0 Å². The van der Waals surface area contributed by atoms with Gasteiger partial charge in [-0.25, -0.2) is 13.6 Å². The van der Waals surface area contributed by atoms with Crippen molar-refractivity contribution in [3.8, 4) is 0 Å². The van der Waals surface area contributed by atoms with Gasteiger partial charge in [0.25, 0.3) is 0 Å². The quantitative estimate of drug-likeness (QED) is 0.469. The van der Waals surface area contributed by atoms with Crippen molar-refractivity contribution in [1.29, 1.82) is 0 Å². The molecule has 0 aliphatic rings. The Morgan fingerprint density at radius 3 is 2.11 bits per heavy atom. The lowest BCUT2D eigenvalue weighted by Crippen LogP contribution is -2.36. The van der Waals surface area contributed by atoms with Gasteiger partial charge < -0.3 is 5.73 Å². The molecule has 4 N–H and O–H groups in total. The zero-order valence-electron chi connectivity index (χ0n) is 4.82. The van der Waals surface area contributed by atoms with E-state index in [1.54, 1.807) is 0 Å². The Bertz CT molecular complexity index is 165. The predicted octanol–water partition coefficient (Wildman–Crippen LogP) is -1.12. The van der Waals surface area contributed by atoms with Crippen LogP contribution in [0.3, 0.4) is 0 Å². The van der Waals surface area contributed by atoms with E-state index in [1.807, 2.05) is 0 Å². The van der Waals surface area contributed by atoms with Crippen LogP contribution in [0.15, 0.2) is 0 Å². The van der Waals surface area contributed by atoms with Gasteiger partial charge in [-0.05, 0) is 12.2 Å². The van der Waals surface area contributed by atoms with Gasteiger partial charge in [-0.1, -0.05) is 0 Å². The van der Waals surface area contributed by atoms with Crippen LogP contribution in [0.5, 0.6) is 0 Å². The fourth-order valence-electron chi connectivity index (χ4n) is 0.292. The summed E-state index contributed by atoms with van der Waals surface area (Å²) >= 11 is 3.79. The van der Waals surface area contributed by atoms with Crippen LogP contribution in [0.1, 0.15) is 6.42 Å². The summed E-state index contributed by atoms with van der Waals surface area (Å²) in [6.07, 6.45) is 0.294. The summed E-state index contributed by atoms with van der Waals surface area (Å²) in [5, 5.41) is 3.72. The van der Waals surface area contributed by atoms with Crippen molar-refractivity contribution in [3.63, 3.8) is 0 Å². The number of primary sulfonamides is 1. The van der Waals surface area contributed by atoms with Crippen molar-refractivity contribution in [1.82, 2.24) is 0 Å². The molecule has 0 heterocycles. The van der Waals surface area contributed by atoms with E-state index in [0.717, 1.165) is 0 Å². The van der Waals surface area contributed by atoms with Gasteiger partial charge >= 0.3 is 0 Å². The molecule has 0 rings (SSSR count). The lowest BCUT2D eigenvalue weighted by molar-refractivity contribution is 0.580. The second kappa shape index (κ2) is 3.40. The van der Waals surface area contributed by atoms with Crippen LogP contribution in [0.2, 0.25) is 0 Å². The minimum atomic E-state index is -3.54. The van der Waals surface area contributed by atoms with Gasteiger partial charge in [0.05, 0.1) is 0 Å². The lowest BCUT2D eigenvalue weighted by atomic mass is 10.5. The molecule has 0 aromatic carbocycles. The summed E-state index contributed by atoms with van der Waals surface area (Å²) < 4.78 is 20.7. The Balaban J connectivity index is 3.90. The van der Waals surface area contributed by atoms with E-state index in [0.29, 0.717) is 12.2 Å². The van der Waals surface area contributed by atoms with Crippen LogP contribution in [-0.4, -0.2) is 19.5 Å². The van der Waals surface area contributed by atoms with E-state index in [9.17, 15) is 8.42 Å². The highest BCUT2D eigenvalue weighted by Crippen LogP contribution is 1.94. The molecule has 0 fully saturated rings. The van der Waals surface area contributed by atoms with Gasteiger partial charge in [-0.2, -0.15) is 12.6 Å². The standard InChI is InChI=1S/C3H10N2O2S2/c4-3(1-2-8)9(5,6)7/h3,8H,1-2,4H2,(H2,5,6,7)/t3-/m1/s1. The van der Waals surface area contributed by atoms with Crippen molar-refractivity contribution >= 4 is 22.7 Å². The van der Waals surface area contributed by atoms with Crippen molar-refractivity contribution in [2.75, 3.05) is 5.75 Å². The molecule has 0 unspecified atom stereocenters. The fraction of sp³-hybridized carbons (Fsp3) is 1.00. The van der Waals surface area contributed by atoms with E-state index >= 15 is 0 Å². The van der Waals surface area contributed by atoms with Crippen LogP contribution in [0.4, 0.5) is 0 Å². The first-order valence-corrected chi connectivity index (χ1v) is 4.60. The van der Waals surface area contributed by atoms with Gasteiger partial charge in [-0.15, -0.1) is 0 Å². The fourth-order valence-corrected chi connectivity index (χ4v) is 1.19. The topological polar surface area (TPSA) is 86.2 Å². The Morgan fingerprint density at radius 2 is 2.00 bits per heavy atom. The van der Waals surface area contributed by atoms with E-state index in [4.69, 9.17) is 5.73 Å². The molecule has 9 heavy (non-hydrogen) atoms. The van der Waals surface area contributed by atoms with E-state index in [1.165, 1.54) is 0 Å². The molecule has 6 heteroatoms. The summed E-state index contributed by atoms with van der Waals surface area (Å²) in [5.74, 6) is 0.428. The van der Waals surface area contributed by atoms with E-state index in [2.05, 4.69) is 17.8 Å². The maximum Gasteiger partial charge on any atom is 0.224 e. The molecule has 0 saturated carbocycles. The molecule has 4 nitrogen and oxygen atoms in total. The lowest BCUT2D eigenvalue weighted by Gasteiger charge is -2.04. The van der Waals surface area contributed by atoms with Gasteiger partial charge in [0, 0.05) is 0 Å². The number of sulfonamides is 1. The van der Waals surface area contributed by atoms with Crippen molar-refractivity contribution in [2.45, 2.75) is 11.8 Å². The average molecular weight is 170 g/mol. The van der Waals surface area contributed by atoms with Crippen LogP contribution < -0.4 is 10.9 Å². The summed E-state index contributed by atoms with van der Waals surface area (Å²) in [4.78, 5) is 0. The molecule has 0 aromatic rings. The van der Waals surface area contributed by atoms with Crippen molar-refractivity contribution in [2.24, 2.45) is 10.9 Å². The zero-order valence-corrected chi connectivity index (χ0v) is 6.53. The van der Waals surface area contributed by atoms with Crippen molar-refractivity contribution in [3.05, 3.63) is 0 Å². The zero-order chi connectivity index (χ0) is 7.49. The molecule has 56 valence electrons. The minimum absolute atomic E-state index is 0.294. The molecule has 0 radical (unpaired) electrons. The van der Waals surface area contributed by atoms with Crippen LogP contribution in [-0.2, 0) is 10.0 Å². The van der Waals surface area contributed by atoms with Crippen molar-refractivity contribution < 1.29 is 8.42 Å². The molecule has 0 aromatic heterocycles. The highest BCUT2D eigenvalue weighted by molar-refractivity contribution is 7.89. The molecule has 0 aliphatic heterocycles. The Hall–Kier alpha value is 0.220. The predicted molar refractivity (Wildman–Crippen MR) is 39.6 cm³/mol. The normalized spacial score (nSPS) is 15.4. The monoisotopic (exact) mass is 170 g/mol. The molecule has 0 saturated heterocycles. The third kappa shape index (κ3) is 3.74.